The van der Waals surface area contributed by atoms with E-state index in [0.717, 1.165) is 16.9 Å². The second-order valence-corrected chi connectivity index (χ2v) is 7.45. The van der Waals surface area contributed by atoms with Crippen LogP contribution >= 0.6 is 0 Å². The third-order valence-electron chi connectivity index (χ3n) is 5.05. The van der Waals surface area contributed by atoms with Crippen molar-refractivity contribution in [3.8, 4) is 11.3 Å². The Hall–Kier alpha value is -3.61. The Bertz CT molecular complexity index is 1090. The fraction of sp³-hybridized carbons (Fsp3) is 0.217. The van der Waals surface area contributed by atoms with Crippen LogP contribution in [0.5, 0.6) is 0 Å². The molecule has 2 heterocycles. The summed E-state index contributed by atoms with van der Waals surface area (Å²) in [6.45, 7) is 0.973. The van der Waals surface area contributed by atoms with Gasteiger partial charge in [-0.15, -0.1) is 0 Å². The quantitative estimate of drug-likeness (QED) is 0.701. The van der Waals surface area contributed by atoms with Gasteiger partial charge in [-0.05, 0) is 42.5 Å². The molecule has 0 bridgehead atoms. The predicted molar refractivity (Wildman–Crippen MR) is 112 cm³/mol. The molecule has 0 spiro atoms. The molecule has 1 N–H and O–H groups in total. The van der Waals surface area contributed by atoms with Gasteiger partial charge in [0.2, 0.25) is 0 Å². The molecule has 1 aromatic heterocycles. The standard InChI is InChI=1S/C23H22FN3O3/c1-26(2)23(29)25-19-5-3-4-16(12-19)21-13-17-14-27(11-10-20(17)30-21)22(28)15-6-8-18(24)9-7-15/h3-9,12-13H,10-11,14H2,1-2H3,(H,25,29). The summed E-state index contributed by atoms with van der Waals surface area (Å²) in [7, 11) is 3.36. The lowest BCUT2D eigenvalue weighted by molar-refractivity contribution is 0.0730. The van der Waals surface area contributed by atoms with Crippen LogP contribution in [0.25, 0.3) is 11.3 Å². The Kier molecular flexibility index (Phi) is 5.27. The Morgan fingerprint density at radius 3 is 2.60 bits per heavy atom. The van der Waals surface area contributed by atoms with Gasteiger partial charge >= 0.3 is 6.03 Å². The van der Waals surface area contributed by atoms with Gasteiger partial charge in [-0.2, -0.15) is 0 Å². The van der Waals surface area contributed by atoms with E-state index >= 15 is 0 Å². The molecule has 2 aromatic carbocycles. The Balaban J connectivity index is 1.52. The number of carbonyl (C=O) groups excluding carboxylic acids is 2. The molecule has 154 valence electrons. The molecule has 0 atom stereocenters. The van der Waals surface area contributed by atoms with Crippen molar-refractivity contribution < 1.29 is 18.4 Å². The van der Waals surface area contributed by atoms with Crippen molar-refractivity contribution in [1.82, 2.24) is 9.80 Å². The molecule has 0 radical (unpaired) electrons. The smallest absolute Gasteiger partial charge is 0.321 e. The van der Waals surface area contributed by atoms with Gasteiger partial charge in [0.05, 0.1) is 0 Å². The first-order valence-electron chi connectivity index (χ1n) is 9.66. The lowest BCUT2D eigenvalue weighted by Crippen LogP contribution is -2.35. The van der Waals surface area contributed by atoms with Crippen molar-refractivity contribution >= 4 is 17.6 Å². The summed E-state index contributed by atoms with van der Waals surface area (Å²) in [5.74, 6) is 1.06. The average molecular weight is 407 g/mol. The highest BCUT2D eigenvalue weighted by Crippen LogP contribution is 2.31. The number of anilines is 1. The van der Waals surface area contributed by atoms with Crippen molar-refractivity contribution in [2.24, 2.45) is 0 Å². The first kappa shape index (κ1) is 19.7. The van der Waals surface area contributed by atoms with E-state index in [1.165, 1.54) is 29.2 Å². The Morgan fingerprint density at radius 1 is 1.10 bits per heavy atom. The van der Waals surface area contributed by atoms with Crippen LogP contribution in [0.2, 0.25) is 0 Å². The van der Waals surface area contributed by atoms with Crippen molar-refractivity contribution in [3.63, 3.8) is 0 Å². The number of rotatable bonds is 3. The minimum Gasteiger partial charge on any atom is -0.461 e. The molecule has 7 heteroatoms. The number of hydrogen-bond acceptors (Lipinski definition) is 3. The molecule has 3 amide bonds. The lowest BCUT2D eigenvalue weighted by atomic mass is 10.1. The third-order valence-corrected chi connectivity index (χ3v) is 5.05. The molecule has 6 nitrogen and oxygen atoms in total. The van der Waals surface area contributed by atoms with Crippen LogP contribution in [0, 0.1) is 5.82 Å². The summed E-state index contributed by atoms with van der Waals surface area (Å²) >= 11 is 0. The fourth-order valence-corrected chi connectivity index (χ4v) is 3.41. The van der Waals surface area contributed by atoms with E-state index in [2.05, 4.69) is 5.32 Å². The fourth-order valence-electron chi connectivity index (χ4n) is 3.41. The van der Waals surface area contributed by atoms with E-state index in [4.69, 9.17) is 4.42 Å². The highest BCUT2D eigenvalue weighted by molar-refractivity contribution is 5.94. The maximum atomic E-state index is 13.1. The number of nitrogens with one attached hydrogen (secondary N) is 1. The summed E-state index contributed by atoms with van der Waals surface area (Å²) in [6.07, 6.45) is 0.610. The molecule has 0 aliphatic carbocycles. The van der Waals surface area contributed by atoms with Crippen LogP contribution < -0.4 is 5.32 Å². The summed E-state index contributed by atoms with van der Waals surface area (Å²) in [6, 6.07) is 14.8. The van der Waals surface area contributed by atoms with Crippen LogP contribution in [-0.2, 0) is 13.0 Å². The Labute approximate surface area is 173 Å². The van der Waals surface area contributed by atoms with Crippen LogP contribution in [-0.4, -0.2) is 42.4 Å². The van der Waals surface area contributed by atoms with Gasteiger partial charge in [0.25, 0.3) is 5.91 Å². The largest absolute Gasteiger partial charge is 0.461 e. The zero-order valence-corrected chi connectivity index (χ0v) is 16.8. The second-order valence-electron chi connectivity index (χ2n) is 7.45. The summed E-state index contributed by atoms with van der Waals surface area (Å²) < 4.78 is 19.2. The third kappa shape index (κ3) is 4.05. The molecule has 0 fully saturated rings. The highest BCUT2D eigenvalue weighted by atomic mass is 19.1. The van der Waals surface area contributed by atoms with Crippen LogP contribution in [0.1, 0.15) is 21.7 Å². The summed E-state index contributed by atoms with van der Waals surface area (Å²) in [5.41, 5.74) is 2.94. The minimum absolute atomic E-state index is 0.128. The number of hydrogen-bond donors (Lipinski definition) is 1. The van der Waals surface area contributed by atoms with Crippen LogP contribution in [0.15, 0.2) is 59.0 Å². The molecule has 0 saturated carbocycles. The van der Waals surface area contributed by atoms with Gasteiger partial charge in [-0.1, -0.05) is 12.1 Å². The molecule has 1 aliphatic heterocycles. The summed E-state index contributed by atoms with van der Waals surface area (Å²) in [4.78, 5) is 27.8. The number of furan rings is 1. The van der Waals surface area contributed by atoms with Crippen molar-refractivity contribution in [2.45, 2.75) is 13.0 Å². The van der Waals surface area contributed by atoms with Gasteiger partial charge < -0.3 is 19.5 Å². The zero-order chi connectivity index (χ0) is 21.3. The van der Waals surface area contributed by atoms with Crippen molar-refractivity contribution in [3.05, 3.63) is 77.3 Å². The molecular formula is C23H22FN3O3. The second kappa shape index (κ2) is 8.02. The number of amides is 3. The van der Waals surface area contributed by atoms with Crippen LogP contribution in [0.3, 0.4) is 0 Å². The first-order valence-corrected chi connectivity index (χ1v) is 9.66. The normalized spacial score (nSPS) is 13.0. The maximum Gasteiger partial charge on any atom is 0.321 e. The number of benzene rings is 2. The SMILES string of the molecule is CN(C)C(=O)Nc1cccc(-c2cc3c(o2)CCN(C(=O)c2ccc(F)cc2)C3)c1. The van der Waals surface area contributed by atoms with E-state index in [9.17, 15) is 14.0 Å². The number of fused-ring (bicyclic) bond motifs is 1. The molecule has 0 saturated heterocycles. The Morgan fingerprint density at radius 2 is 1.87 bits per heavy atom. The van der Waals surface area contributed by atoms with Crippen molar-refractivity contribution in [2.75, 3.05) is 26.0 Å². The van der Waals surface area contributed by atoms with E-state index in [-0.39, 0.29) is 17.8 Å². The van der Waals surface area contributed by atoms with Crippen molar-refractivity contribution in [1.29, 1.82) is 0 Å². The molecule has 0 unspecified atom stereocenters. The molecule has 30 heavy (non-hydrogen) atoms. The summed E-state index contributed by atoms with van der Waals surface area (Å²) in [5, 5.41) is 2.82. The first-order chi connectivity index (χ1) is 14.4. The van der Waals surface area contributed by atoms with Gasteiger partial charge in [0.15, 0.2) is 0 Å². The molecule has 4 rings (SSSR count). The minimum atomic E-state index is -0.365. The van der Waals surface area contributed by atoms with E-state index < -0.39 is 0 Å². The van der Waals surface area contributed by atoms with Gasteiger partial charge in [-0.25, -0.2) is 9.18 Å². The van der Waals surface area contributed by atoms with E-state index in [1.807, 2.05) is 30.3 Å². The zero-order valence-electron chi connectivity index (χ0n) is 16.8. The highest BCUT2D eigenvalue weighted by Gasteiger charge is 2.25. The van der Waals surface area contributed by atoms with Gasteiger partial charge in [0, 0.05) is 56.0 Å². The number of carbonyl (C=O) groups is 2. The van der Waals surface area contributed by atoms with E-state index in [0.29, 0.717) is 36.5 Å². The van der Waals surface area contributed by atoms with E-state index in [1.54, 1.807) is 19.0 Å². The van der Waals surface area contributed by atoms with Gasteiger partial charge in [-0.3, -0.25) is 4.79 Å². The van der Waals surface area contributed by atoms with Gasteiger partial charge in [0.1, 0.15) is 17.3 Å². The average Bonchev–Trinajstić information content (AvgIpc) is 3.17. The maximum absolute atomic E-state index is 13.1. The molecular weight excluding hydrogens is 385 g/mol. The molecule has 1 aliphatic rings. The monoisotopic (exact) mass is 407 g/mol. The topological polar surface area (TPSA) is 65.8 Å². The number of halogens is 1. The number of urea groups is 1. The van der Waals surface area contributed by atoms with Crippen LogP contribution in [0.4, 0.5) is 14.9 Å². The predicted octanol–water partition coefficient (Wildman–Crippen LogP) is 4.38. The molecule has 3 aromatic rings. The number of nitrogens with zero attached hydrogens (tertiary/aromatic N) is 2. The lowest BCUT2D eigenvalue weighted by Gasteiger charge is -2.26.